The molecule has 0 atom stereocenters. The quantitative estimate of drug-likeness (QED) is 0.649. The van der Waals surface area contributed by atoms with Crippen molar-refractivity contribution in [3.05, 3.63) is 40.2 Å². The first-order valence-electron chi connectivity index (χ1n) is 6.25. The second kappa shape index (κ2) is 6.44. The van der Waals surface area contributed by atoms with Crippen molar-refractivity contribution >= 4 is 23.1 Å². The maximum Gasteiger partial charge on any atom is 0.274 e. The van der Waals surface area contributed by atoms with E-state index in [0.717, 1.165) is 4.88 Å². The van der Waals surface area contributed by atoms with Crippen LogP contribution in [0.3, 0.4) is 0 Å². The fraction of sp³-hybridized carbons (Fsp3) is 0.308. The van der Waals surface area contributed by atoms with Crippen molar-refractivity contribution in [1.29, 1.82) is 0 Å². The van der Waals surface area contributed by atoms with Crippen LogP contribution >= 0.6 is 11.3 Å². The van der Waals surface area contributed by atoms with Crippen LogP contribution in [-0.4, -0.2) is 27.0 Å². The third-order valence-electron chi connectivity index (χ3n) is 2.82. The Bertz CT molecular complexity index is 553. The zero-order chi connectivity index (χ0) is 14.5. The number of nitrogens with one attached hydrogen (secondary N) is 1. The average molecular weight is 291 g/mol. The van der Waals surface area contributed by atoms with Gasteiger partial charge in [0.05, 0.1) is 6.54 Å². The van der Waals surface area contributed by atoms with Crippen LogP contribution in [0, 0.1) is 0 Å². The van der Waals surface area contributed by atoms with Crippen molar-refractivity contribution in [2.75, 3.05) is 5.43 Å². The van der Waals surface area contributed by atoms with Gasteiger partial charge in [0.25, 0.3) is 5.91 Å². The molecule has 2 aromatic heterocycles. The molecular formula is C13H17N5OS. The van der Waals surface area contributed by atoms with Crippen molar-refractivity contribution in [2.24, 2.45) is 5.84 Å². The number of anilines is 1. The molecule has 0 radical (unpaired) electrons. The van der Waals surface area contributed by atoms with Gasteiger partial charge in [0.2, 0.25) is 0 Å². The first kappa shape index (κ1) is 14.4. The monoisotopic (exact) mass is 291 g/mol. The number of nitrogen functional groups attached to an aromatic ring is 1. The molecule has 1 amide bonds. The van der Waals surface area contributed by atoms with E-state index in [9.17, 15) is 4.79 Å². The number of hydrogen-bond donors (Lipinski definition) is 2. The normalized spacial score (nSPS) is 10.6. The summed E-state index contributed by atoms with van der Waals surface area (Å²) in [5.74, 6) is 5.52. The van der Waals surface area contributed by atoms with Gasteiger partial charge in [-0.3, -0.25) is 4.79 Å². The van der Waals surface area contributed by atoms with Crippen molar-refractivity contribution in [1.82, 2.24) is 15.1 Å². The third kappa shape index (κ3) is 3.31. The molecule has 6 nitrogen and oxygen atoms in total. The first-order chi connectivity index (χ1) is 9.61. The van der Waals surface area contributed by atoms with Crippen molar-refractivity contribution in [3.8, 4) is 0 Å². The lowest BCUT2D eigenvalue weighted by atomic mass is 10.2. The minimum Gasteiger partial charge on any atom is -0.330 e. The highest BCUT2D eigenvalue weighted by Gasteiger charge is 2.21. The van der Waals surface area contributed by atoms with Crippen molar-refractivity contribution in [3.63, 3.8) is 0 Å². The zero-order valence-electron chi connectivity index (χ0n) is 11.4. The van der Waals surface area contributed by atoms with Gasteiger partial charge in [-0.05, 0) is 37.4 Å². The Hall–Kier alpha value is -1.99. The summed E-state index contributed by atoms with van der Waals surface area (Å²) in [5.41, 5.74) is 2.70. The fourth-order valence-electron chi connectivity index (χ4n) is 1.73. The van der Waals surface area contributed by atoms with Gasteiger partial charge in [0.15, 0.2) is 11.5 Å². The fourth-order valence-corrected chi connectivity index (χ4v) is 2.43. The van der Waals surface area contributed by atoms with E-state index >= 15 is 0 Å². The van der Waals surface area contributed by atoms with E-state index in [0.29, 0.717) is 18.1 Å². The predicted molar refractivity (Wildman–Crippen MR) is 79.2 cm³/mol. The molecule has 2 heterocycles. The molecule has 106 valence electrons. The number of rotatable bonds is 5. The second-order valence-electron chi connectivity index (χ2n) is 4.55. The van der Waals surface area contributed by atoms with Crippen LogP contribution in [0.4, 0.5) is 5.82 Å². The predicted octanol–water partition coefficient (Wildman–Crippen LogP) is 1.87. The lowest BCUT2D eigenvalue weighted by molar-refractivity contribution is 0.0685. The molecule has 0 saturated carbocycles. The van der Waals surface area contributed by atoms with Gasteiger partial charge in [-0.2, -0.15) is 0 Å². The number of nitrogens with zero attached hydrogens (tertiary/aromatic N) is 3. The maximum absolute atomic E-state index is 12.5. The molecule has 0 aliphatic carbocycles. The van der Waals surface area contributed by atoms with E-state index in [-0.39, 0.29) is 11.9 Å². The standard InChI is InChI=1S/C13H17N5OS/c1-9(2)18(8-10-4-3-7-20-10)13(19)11-5-6-12(15-14)17-16-11/h3-7,9H,8,14H2,1-2H3,(H,15,17). The number of nitrogens with two attached hydrogens (primary N) is 1. The van der Waals surface area contributed by atoms with Gasteiger partial charge >= 0.3 is 0 Å². The van der Waals surface area contributed by atoms with Crippen LogP contribution in [0.15, 0.2) is 29.6 Å². The Balaban J connectivity index is 2.17. The summed E-state index contributed by atoms with van der Waals surface area (Å²) in [6.45, 7) is 4.54. The Kier molecular flexibility index (Phi) is 4.65. The molecule has 0 unspecified atom stereocenters. The SMILES string of the molecule is CC(C)N(Cc1cccs1)C(=O)c1ccc(NN)nn1. The van der Waals surface area contributed by atoms with E-state index in [4.69, 9.17) is 5.84 Å². The van der Waals surface area contributed by atoms with E-state index < -0.39 is 0 Å². The van der Waals surface area contributed by atoms with Crippen LogP contribution in [-0.2, 0) is 6.54 Å². The summed E-state index contributed by atoms with van der Waals surface area (Å²) in [7, 11) is 0. The number of thiophene rings is 1. The zero-order valence-corrected chi connectivity index (χ0v) is 12.2. The second-order valence-corrected chi connectivity index (χ2v) is 5.59. The molecule has 3 N–H and O–H groups in total. The minimum absolute atomic E-state index is 0.0821. The van der Waals surface area contributed by atoms with Gasteiger partial charge in [-0.1, -0.05) is 6.07 Å². The number of carbonyl (C=O) groups is 1. The minimum atomic E-state index is -0.135. The van der Waals surface area contributed by atoms with Crippen LogP contribution in [0.5, 0.6) is 0 Å². The molecular weight excluding hydrogens is 274 g/mol. The van der Waals surface area contributed by atoms with E-state index in [1.54, 1.807) is 28.4 Å². The Labute approximate surface area is 121 Å². The number of amides is 1. The van der Waals surface area contributed by atoms with Crippen molar-refractivity contribution in [2.45, 2.75) is 26.4 Å². The number of hydrazine groups is 1. The summed E-state index contributed by atoms with van der Waals surface area (Å²) < 4.78 is 0. The van der Waals surface area contributed by atoms with Gasteiger partial charge in [0, 0.05) is 10.9 Å². The lowest BCUT2D eigenvalue weighted by Crippen LogP contribution is -2.36. The van der Waals surface area contributed by atoms with E-state index in [2.05, 4.69) is 15.6 Å². The summed E-state index contributed by atoms with van der Waals surface area (Å²) in [4.78, 5) is 15.4. The van der Waals surface area contributed by atoms with E-state index in [1.807, 2.05) is 31.4 Å². The maximum atomic E-state index is 12.5. The van der Waals surface area contributed by atoms with Gasteiger partial charge < -0.3 is 10.3 Å². The Morgan fingerprint density at radius 2 is 2.20 bits per heavy atom. The Morgan fingerprint density at radius 3 is 2.70 bits per heavy atom. The highest BCUT2D eigenvalue weighted by Crippen LogP contribution is 2.16. The molecule has 0 spiro atoms. The molecule has 0 aliphatic rings. The van der Waals surface area contributed by atoms with Crippen molar-refractivity contribution < 1.29 is 4.79 Å². The highest BCUT2D eigenvalue weighted by molar-refractivity contribution is 7.09. The summed E-state index contributed by atoms with van der Waals surface area (Å²) in [6, 6.07) is 7.32. The van der Waals surface area contributed by atoms with Crippen LogP contribution < -0.4 is 11.3 Å². The molecule has 0 saturated heterocycles. The molecule has 2 rings (SSSR count). The number of carbonyl (C=O) groups excluding carboxylic acids is 1. The Morgan fingerprint density at radius 1 is 1.40 bits per heavy atom. The molecule has 20 heavy (non-hydrogen) atoms. The van der Waals surface area contributed by atoms with Crippen LogP contribution in [0.2, 0.25) is 0 Å². The third-order valence-corrected chi connectivity index (χ3v) is 3.68. The van der Waals surface area contributed by atoms with E-state index in [1.165, 1.54) is 0 Å². The average Bonchev–Trinajstić information content (AvgIpc) is 2.97. The number of hydrogen-bond acceptors (Lipinski definition) is 6. The largest absolute Gasteiger partial charge is 0.330 e. The van der Waals surface area contributed by atoms with Crippen LogP contribution in [0.1, 0.15) is 29.2 Å². The molecule has 0 fully saturated rings. The van der Waals surface area contributed by atoms with Gasteiger partial charge in [-0.25, -0.2) is 5.84 Å². The summed E-state index contributed by atoms with van der Waals surface area (Å²) >= 11 is 1.63. The summed E-state index contributed by atoms with van der Waals surface area (Å²) in [6.07, 6.45) is 0. The molecule has 0 aliphatic heterocycles. The highest BCUT2D eigenvalue weighted by atomic mass is 32.1. The number of aromatic nitrogens is 2. The smallest absolute Gasteiger partial charge is 0.274 e. The topological polar surface area (TPSA) is 84.1 Å². The molecule has 7 heteroatoms. The van der Waals surface area contributed by atoms with Crippen LogP contribution in [0.25, 0.3) is 0 Å². The lowest BCUT2D eigenvalue weighted by Gasteiger charge is -2.25. The molecule has 2 aromatic rings. The summed E-state index contributed by atoms with van der Waals surface area (Å²) in [5, 5.41) is 9.73. The first-order valence-corrected chi connectivity index (χ1v) is 7.13. The molecule has 0 bridgehead atoms. The van der Waals surface area contributed by atoms with Gasteiger partial charge in [-0.15, -0.1) is 21.5 Å². The molecule has 0 aromatic carbocycles. The van der Waals surface area contributed by atoms with Gasteiger partial charge in [0.1, 0.15) is 0 Å².